The highest BCUT2D eigenvalue weighted by atomic mass is 16.6. The molecule has 4 aromatic carbocycles. The minimum absolute atomic E-state index is 0. The van der Waals surface area contributed by atoms with Gasteiger partial charge in [-0.05, 0) is 36.8 Å². The maximum atomic E-state index is 13.9. The number of amides is 2. The largest absolute Gasteiger partial charge is 0.374 e. The first-order valence-electron chi connectivity index (χ1n) is 14.8. The molecule has 2 amide bonds. The van der Waals surface area contributed by atoms with Crippen LogP contribution in [-0.2, 0) is 21.7 Å². The lowest BCUT2D eigenvalue weighted by Gasteiger charge is -2.50. The highest BCUT2D eigenvalue weighted by Gasteiger charge is 2.55. The lowest BCUT2D eigenvalue weighted by molar-refractivity contribution is -0.264. The number of rotatable bonds is 3. The van der Waals surface area contributed by atoms with Crippen LogP contribution in [0.3, 0.4) is 0 Å². The van der Waals surface area contributed by atoms with Crippen LogP contribution < -0.4 is 5.32 Å². The van der Waals surface area contributed by atoms with Gasteiger partial charge in [-0.15, -0.1) is 0 Å². The topological polar surface area (TPSA) is 77.7 Å². The van der Waals surface area contributed by atoms with Crippen molar-refractivity contribution in [3.63, 3.8) is 0 Å². The number of carbonyl (C=O) groups is 2. The molecule has 43 heavy (non-hydrogen) atoms. The molecule has 1 saturated heterocycles. The quantitative estimate of drug-likeness (QED) is 0.276. The number of para-hydroxylation sites is 2. The maximum absolute atomic E-state index is 13.9. The summed E-state index contributed by atoms with van der Waals surface area (Å²) in [6, 6.07) is 25.7. The summed E-state index contributed by atoms with van der Waals surface area (Å²) in [6.45, 7) is 2.56. The van der Waals surface area contributed by atoms with Gasteiger partial charge in [-0.2, -0.15) is 0 Å². The van der Waals surface area contributed by atoms with Crippen molar-refractivity contribution in [3.8, 4) is 0 Å². The van der Waals surface area contributed by atoms with E-state index in [-0.39, 0.29) is 19.3 Å². The maximum Gasteiger partial charge on any atom is 0.253 e. The van der Waals surface area contributed by atoms with Crippen LogP contribution in [0.25, 0.3) is 43.6 Å². The van der Waals surface area contributed by atoms with Gasteiger partial charge in [-0.25, -0.2) is 0 Å². The van der Waals surface area contributed by atoms with E-state index in [1.807, 2.05) is 66.5 Å². The fourth-order valence-electron chi connectivity index (χ4n) is 8.33. The molecule has 1 N–H and O–H groups in total. The molecular weight excluding hydrogens is 540 g/mol. The Labute approximate surface area is 248 Å². The fourth-order valence-corrected chi connectivity index (χ4v) is 8.33. The lowest BCUT2D eigenvalue weighted by Crippen LogP contribution is -2.61. The summed E-state index contributed by atoms with van der Waals surface area (Å²) in [5, 5.41) is 7.24. The molecule has 8 nitrogen and oxygen atoms in total. The summed E-state index contributed by atoms with van der Waals surface area (Å²) in [7, 11) is 3.57. The molecule has 216 valence electrons. The summed E-state index contributed by atoms with van der Waals surface area (Å²) in [4.78, 5) is 29.2. The molecule has 0 spiro atoms. The van der Waals surface area contributed by atoms with E-state index >= 15 is 0 Å². The van der Waals surface area contributed by atoms with Gasteiger partial charge in [0, 0.05) is 55.7 Å². The molecule has 3 aliphatic rings. The Hall–Kier alpha value is -4.66. The molecule has 6 aromatic rings. The minimum atomic E-state index is -0.980. The van der Waals surface area contributed by atoms with Gasteiger partial charge in [-0.1, -0.05) is 54.6 Å². The number of hydrogen-bond donors (Lipinski definition) is 1. The highest BCUT2D eigenvalue weighted by molar-refractivity contribution is 6.31. The second-order valence-corrected chi connectivity index (χ2v) is 12.1. The van der Waals surface area contributed by atoms with Crippen LogP contribution in [0.4, 0.5) is 0 Å². The van der Waals surface area contributed by atoms with Crippen LogP contribution in [0.2, 0.25) is 0 Å². The van der Waals surface area contributed by atoms with Crippen LogP contribution in [0.1, 0.15) is 47.3 Å². The average molecular weight is 573 g/mol. The second-order valence-electron chi connectivity index (χ2n) is 12.1. The van der Waals surface area contributed by atoms with Gasteiger partial charge in [-0.3, -0.25) is 9.59 Å². The number of methoxy groups -OCH3 is 1. The molecule has 0 saturated carbocycles. The molecule has 2 bridgehead atoms. The van der Waals surface area contributed by atoms with Crippen LogP contribution in [0, 0.1) is 0 Å². The van der Waals surface area contributed by atoms with Crippen molar-refractivity contribution in [2.45, 2.75) is 44.0 Å². The second kappa shape index (κ2) is 8.46. The zero-order valence-electron chi connectivity index (χ0n) is 24.1. The SMILES string of the molecule is CO[C@@H]1[C@H](N(C)C(=O)c2ccccc2)C[C@H]2OC1(C)n1c3ccccc3c3c4c(c5c6ccccc6n2c5c31)C(=O)NC4.[HH]. The Kier molecular flexibility index (Phi) is 4.90. The van der Waals surface area contributed by atoms with Gasteiger partial charge in [0.2, 0.25) is 0 Å². The van der Waals surface area contributed by atoms with E-state index in [2.05, 4.69) is 45.6 Å². The van der Waals surface area contributed by atoms with Crippen molar-refractivity contribution < 1.29 is 20.5 Å². The molecular formula is C35H32N4O4. The third-order valence-corrected chi connectivity index (χ3v) is 10.0. The summed E-state index contributed by atoms with van der Waals surface area (Å²) in [6.07, 6.45) is -0.386. The molecule has 5 heterocycles. The van der Waals surface area contributed by atoms with E-state index in [1.54, 1.807) is 7.11 Å². The fraction of sp³-hybridized carbons (Fsp3) is 0.257. The number of benzene rings is 4. The molecule has 4 atom stereocenters. The lowest BCUT2D eigenvalue weighted by atomic mass is 9.91. The molecule has 2 aromatic heterocycles. The predicted octanol–water partition coefficient (Wildman–Crippen LogP) is 6.15. The number of hydrogen-bond acceptors (Lipinski definition) is 4. The molecule has 8 heteroatoms. The first-order valence-corrected chi connectivity index (χ1v) is 14.8. The Bertz CT molecular complexity index is 2190. The smallest absolute Gasteiger partial charge is 0.253 e. The van der Waals surface area contributed by atoms with Crippen LogP contribution in [0.15, 0.2) is 78.9 Å². The van der Waals surface area contributed by atoms with Crippen LogP contribution >= 0.6 is 0 Å². The summed E-state index contributed by atoms with van der Waals surface area (Å²) in [5.41, 5.74) is 5.46. The van der Waals surface area contributed by atoms with Gasteiger partial charge in [0.15, 0.2) is 5.72 Å². The number of nitrogens with zero attached hydrogens (tertiary/aromatic N) is 3. The van der Waals surface area contributed by atoms with Crippen molar-refractivity contribution in [3.05, 3.63) is 95.6 Å². The normalized spacial score (nSPS) is 24.2. The molecule has 1 fully saturated rings. The third-order valence-electron chi connectivity index (χ3n) is 10.0. The summed E-state index contributed by atoms with van der Waals surface area (Å²) >= 11 is 0. The Morgan fingerprint density at radius 2 is 1.65 bits per heavy atom. The predicted molar refractivity (Wildman–Crippen MR) is 167 cm³/mol. The van der Waals surface area contributed by atoms with Crippen molar-refractivity contribution in [1.82, 2.24) is 19.4 Å². The molecule has 0 aliphatic carbocycles. The van der Waals surface area contributed by atoms with Crippen LogP contribution in [-0.4, -0.2) is 52.2 Å². The number of aromatic nitrogens is 2. The van der Waals surface area contributed by atoms with E-state index in [9.17, 15) is 9.59 Å². The zero-order chi connectivity index (χ0) is 29.2. The summed E-state index contributed by atoms with van der Waals surface area (Å²) in [5.74, 6) is -0.107. The van der Waals surface area contributed by atoms with Gasteiger partial charge < -0.3 is 28.8 Å². The van der Waals surface area contributed by atoms with E-state index < -0.39 is 18.1 Å². The van der Waals surface area contributed by atoms with E-state index in [0.29, 0.717) is 18.5 Å². The van der Waals surface area contributed by atoms with E-state index in [0.717, 1.165) is 54.7 Å². The molecule has 3 aliphatic heterocycles. The standard InChI is InChI=1S/C35H30N4O4.H2/c1-35-32(42-3)25(37(2)34(41)19-11-5-4-6-12-19)17-26(43-35)38-23-15-9-7-13-20(23)28-29-22(18-36-33(29)40)27-21-14-8-10-16-24(21)39(35)31(27)30(28)38;/h4-16,25-26,32H,17-18H2,1-3H3,(H,36,40);1H/t25-,26-,32-,35?;/m1./s1. The zero-order valence-corrected chi connectivity index (χ0v) is 24.1. The Morgan fingerprint density at radius 1 is 0.977 bits per heavy atom. The molecule has 0 radical (unpaired) electrons. The summed E-state index contributed by atoms with van der Waals surface area (Å²) < 4.78 is 18.1. The molecule has 9 rings (SSSR count). The van der Waals surface area contributed by atoms with Crippen molar-refractivity contribution >= 4 is 55.4 Å². The van der Waals surface area contributed by atoms with Crippen LogP contribution in [0.5, 0.6) is 0 Å². The van der Waals surface area contributed by atoms with Gasteiger partial charge >= 0.3 is 0 Å². The van der Waals surface area contributed by atoms with Crippen molar-refractivity contribution in [2.24, 2.45) is 0 Å². The average Bonchev–Trinajstić information content (AvgIpc) is 3.68. The van der Waals surface area contributed by atoms with Crippen molar-refractivity contribution in [1.29, 1.82) is 0 Å². The number of likely N-dealkylation sites (N-methyl/N-ethyl adjacent to an activating group) is 1. The van der Waals surface area contributed by atoms with E-state index in [1.165, 1.54) is 0 Å². The minimum Gasteiger partial charge on any atom is -0.374 e. The number of nitrogens with one attached hydrogen (secondary N) is 1. The van der Waals surface area contributed by atoms with E-state index in [4.69, 9.17) is 9.47 Å². The van der Waals surface area contributed by atoms with Crippen molar-refractivity contribution in [2.75, 3.05) is 14.2 Å². The number of ether oxygens (including phenoxy) is 2. The Balaban J connectivity index is 0.00000289. The number of fused-ring (bicyclic) bond motifs is 13. The van der Waals surface area contributed by atoms with Gasteiger partial charge in [0.25, 0.3) is 11.8 Å². The first-order chi connectivity index (χ1) is 20.9. The first kappa shape index (κ1) is 24.9. The third kappa shape index (κ3) is 2.97. The Morgan fingerprint density at radius 3 is 2.40 bits per heavy atom. The monoisotopic (exact) mass is 572 g/mol. The van der Waals surface area contributed by atoms with Gasteiger partial charge in [0.05, 0.1) is 33.7 Å². The number of carbonyl (C=O) groups excluding carboxylic acids is 2. The highest BCUT2D eigenvalue weighted by Crippen LogP contribution is 2.54. The van der Waals surface area contributed by atoms with Gasteiger partial charge in [0.1, 0.15) is 12.3 Å². The molecule has 1 unspecified atom stereocenters.